The Kier molecular flexibility index (Phi) is 9.38. The van der Waals surface area contributed by atoms with E-state index in [2.05, 4.69) is 5.32 Å². The monoisotopic (exact) mass is 484 g/mol. The van der Waals surface area contributed by atoms with Crippen molar-refractivity contribution in [2.24, 2.45) is 5.73 Å². The molecule has 1 aliphatic rings. The third-order valence-corrected chi connectivity index (χ3v) is 5.41. The van der Waals surface area contributed by atoms with Crippen LogP contribution in [0.15, 0.2) is 54.6 Å². The average Bonchev–Trinajstić information content (AvgIpc) is 3.33. The highest BCUT2D eigenvalue weighted by Gasteiger charge is 2.23. The minimum absolute atomic E-state index is 0. The fraction of sp³-hybridized carbons (Fsp3) is 0.280. The van der Waals surface area contributed by atoms with E-state index in [1.807, 2.05) is 12.2 Å². The van der Waals surface area contributed by atoms with Crippen LogP contribution in [0.5, 0.6) is 0 Å². The van der Waals surface area contributed by atoms with Crippen LogP contribution in [0.4, 0.5) is 0 Å². The van der Waals surface area contributed by atoms with Gasteiger partial charge in [-0.1, -0.05) is 30.4 Å². The average molecular weight is 485 g/mol. The summed E-state index contributed by atoms with van der Waals surface area (Å²) in [5.41, 5.74) is 8.34. The summed E-state index contributed by atoms with van der Waals surface area (Å²) in [7, 11) is 0. The maximum atomic E-state index is 13.0. The molecule has 9 heteroatoms. The van der Waals surface area contributed by atoms with Crippen LogP contribution < -0.4 is 11.1 Å². The molecule has 0 bridgehead atoms. The Balaban J connectivity index is 0.00000408. The Morgan fingerprint density at radius 3 is 2.44 bits per heavy atom. The van der Waals surface area contributed by atoms with E-state index in [-0.39, 0.29) is 43.1 Å². The van der Waals surface area contributed by atoms with E-state index >= 15 is 0 Å². The summed E-state index contributed by atoms with van der Waals surface area (Å²) in [5, 5.41) is 10.5. The molecule has 0 aliphatic carbocycles. The SMILES string of the molecule is CCOC(=O)CC(NC(=O)c1ccc(C(=O)N2CC=CC2)c(C)c1)c1cccc(C(=N)N)c1.Cl. The molecule has 0 saturated carbocycles. The predicted molar refractivity (Wildman–Crippen MR) is 132 cm³/mol. The van der Waals surface area contributed by atoms with Gasteiger partial charge >= 0.3 is 5.97 Å². The van der Waals surface area contributed by atoms with Gasteiger partial charge in [0.25, 0.3) is 11.8 Å². The number of nitrogens with zero attached hydrogens (tertiary/aromatic N) is 1. The number of benzene rings is 2. The van der Waals surface area contributed by atoms with Crippen LogP contribution in [-0.2, 0) is 9.53 Å². The molecule has 0 fully saturated rings. The van der Waals surface area contributed by atoms with E-state index in [0.29, 0.717) is 40.9 Å². The van der Waals surface area contributed by atoms with Crippen molar-refractivity contribution >= 4 is 36.0 Å². The lowest BCUT2D eigenvalue weighted by Crippen LogP contribution is -2.31. The normalized spacial score (nSPS) is 13.1. The summed E-state index contributed by atoms with van der Waals surface area (Å²) in [4.78, 5) is 39.6. The smallest absolute Gasteiger partial charge is 0.308 e. The number of nitrogens with one attached hydrogen (secondary N) is 2. The molecule has 8 nitrogen and oxygen atoms in total. The molecule has 180 valence electrons. The van der Waals surface area contributed by atoms with Crippen LogP contribution in [0, 0.1) is 12.3 Å². The minimum atomic E-state index is -0.673. The van der Waals surface area contributed by atoms with Gasteiger partial charge in [0.15, 0.2) is 0 Å². The van der Waals surface area contributed by atoms with E-state index in [1.165, 1.54) is 0 Å². The third kappa shape index (κ3) is 6.45. The van der Waals surface area contributed by atoms with Crippen molar-refractivity contribution < 1.29 is 19.1 Å². The van der Waals surface area contributed by atoms with Gasteiger partial charge in [-0.05, 0) is 49.2 Å². The highest BCUT2D eigenvalue weighted by Crippen LogP contribution is 2.21. The quantitative estimate of drug-likeness (QED) is 0.230. The Morgan fingerprint density at radius 2 is 1.82 bits per heavy atom. The van der Waals surface area contributed by atoms with Gasteiger partial charge in [0.05, 0.1) is 19.1 Å². The molecule has 1 atom stereocenters. The van der Waals surface area contributed by atoms with Gasteiger partial charge in [0, 0.05) is 29.8 Å². The fourth-order valence-electron chi connectivity index (χ4n) is 3.66. The number of nitrogen functional groups attached to an aromatic ring is 1. The van der Waals surface area contributed by atoms with E-state index in [4.69, 9.17) is 15.9 Å². The largest absolute Gasteiger partial charge is 0.466 e. The van der Waals surface area contributed by atoms with E-state index < -0.39 is 12.0 Å². The summed E-state index contributed by atoms with van der Waals surface area (Å²) in [6, 6.07) is 11.1. The molecule has 2 aromatic carbocycles. The topological polar surface area (TPSA) is 126 Å². The maximum Gasteiger partial charge on any atom is 0.308 e. The van der Waals surface area contributed by atoms with Crippen molar-refractivity contribution in [3.63, 3.8) is 0 Å². The van der Waals surface area contributed by atoms with Crippen molar-refractivity contribution in [3.05, 3.63) is 82.4 Å². The molecule has 0 saturated heterocycles. The molecule has 34 heavy (non-hydrogen) atoms. The number of hydrogen-bond acceptors (Lipinski definition) is 5. The van der Waals surface area contributed by atoms with Crippen LogP contribution in [0.25, 0.3) is 0 Å². The number of aryl methyl sites for hydroxylation is 1. The van der Waals surface area contributed by atoms with Crippen LogP contribution in [0.3, 0.4) is 0 Å². The molecule has 1 aliphatic heterocycles. The van der Waals surface area contributed by atoms with Crippen molar-refractivity contribution in [3.8, 4) is 0 Å². The van der Waals surface area contributed by atoms with Crippen molar-refractivity contribution in [1.82, 2.24) is 10.2 Å². The van der Waals surface area contributed by atoms with Crippen molar-refractivity contribution in [2.75, 3.05) is 19.7 Å². The number of amidine groups is 1. The molecule has 2 aromatic rings. The summed E-state index contributed by atoms with van der Waals surface area (Å²) in [6.07, 6.45) is 3.82. The third-order valence-electron chi connectivity index (χ3n) is 5.41. The first kappa shape index (κ1) is 26.6. The van der Waals surface area contributed by atoms with Gasteiger partial charge in [-0.2, -0.15) is 0 Å². The van der Waals surface area contributed by atoms with Gasteiger partial charge in [0.1, 0.15) is 5.84 Å². The van der Waals surface area contributed by atoms with Crippen LogP contribution in [0.1, 0.15) is 56.8 Å². The number of carbonyl (C=O) groups excluding carboxylic acids is 3. The zero-order chi connectivity index (χ0) is 24.0. The molecular weight excluding hydrogens is 456 g/mol. The molecular formula is C25H29ClN4O4. The van der Waals surface area contributed by atoms with Gasteiger partial charge in [-0.25, -0.2) is 0 Å². The number of carbonyl (C=O) groups is 3. The lowest BCUT2D eigenvalue weighted by molar-refractivity contribution is -0.143. The van der Waals surface area contributed by atoms with E-state index in [9.17, 15) is 14.4 Å². The molecule has 2 amide bonds. The molecule has 4 N–H and O–H groups in total. The van der Waals surface area contributed by atoms with Crippen LogP contribution >= 0.6 is 12.4 Å². The zero-order valence-corrected chi connectivity index (χ0v) is 20.0. The lowest BCUT2D eigenvalue weighted by atomic mass is 9.99. The highest BCUT2D eigenvalue weighted by molar-refractivity contribution is 5.99. The number of hydrogen-bond donors (Lipinski definition) is 3. The minimum Gasteiger partial charge on any atom is -0.466 e. The van der Waals surface area contributed by atoms with Crippen LogP contribution in [0.2, 0.25) is 0 Å². The second kappa shape index (κ2) is 12.0. The Morgan fingerprint density at radius 1 is 1.12 bits per heavy atom. The lowest BCUT2D eigenvalue weighted by Gasteiger charge is -2.20. The summed E-state index contributed by atoms with van der Waals surface area (Å²) < 4.78 is 5.06. The Hall–Kier alpha value is -3.65. The molecule has 1 unspecified atom stereocenters. The number of ether oxygens (including phenoxy) is 1. The predicted octanol–water partition coefficient (Wildman–Crippen LogP) is 3.14. The maximum absolute atomic E-state index is 13.0. The number of nitrogens with two attached hydrogens (primary N) is 1. The Bertz CT molecular complexity index is 1110. The first-order chi connectivity index (χ1) is 15.8. The summed E-state index contributed by atoms with van der Waals surface area (Å²) in [5.74, 6) is -1.03. The van der Waals surface area contributed by atoms with Crippen molar-refractivity contribution in [1.29, 1.82) is 5.41 Å². The van der Waals surface area contributed by atoms with E-state index in [0.717, 1.165) is 0 Å². The first-order valence-corrected chi connectivity index (χ1v) is 10.8. The second-order valence-corrected chi connectivity index (χ2v) is 7.79. The van der Waals surface area contributed by atoms with Crippen LogP contribution in [-0.4, -0.2) is 48.2 Å². The van der Waals surface area contributed by atoms with Gasteiger partial charge < -0.3 is 20.7 Å². The summed E-state index contributed by atoms with van der Waals surface area (Å²) >= 11 is 0. The van der Waals surface area contributed by atoms with Gasteiger partial charge in [0.2, 0.25) is 0 Å². The number of amides is 2. The summed E-state index contributed by atoms with van der Waals surface area (Å²) in [6.45, 7) is 4.89. The van der Waals surface area contributed by atoms with Gasteiger partial charge in [-0.3, -0.25) is 19.8 Å². The highest BCUT2D eigenvalue weighted by atomic mass is 35.5. The molecule has 0 radical (unpaired) electrons. The molecule has 3 rings (SSSR count). The molecule has 0 spiro atoms. The second-order valence-electron chi connectivity index (χ2n) is 7.79. The fourth-order valence-corrected chi connectivity index (χ4v) is 3.66. The first-order valence-electron chi connectivity index (χ1n) is 10.8. The number of halogens is 1. The zero-order valence-electron chi connectivity index (χ0n) is 19.2. The molecule has 1 heterocycles. The van der Waals surface area contributed by atoms with E-state index in [1.54, 1.807) is 61.2 Å². The van der Waals surface area contributed by atoms with Gasteiger partial charge in [-0.15, -0.1) is 12.4 Å². The molecule has 0 aromatic heterocycles. The number of rotatable bonds is 8. The van der Waals surface area contributed by atoms with Crippen molar-refractivity contribution in [2.45, 2.75) is 26.3 Å². The standard InChI is InChI=1S/C25H28N4O4.ClH/c1-3-33-22(30)15-21(17-7-6-8-18(14-17)23(26)27)28-24(31)19-9-10-20(16(2)13-19)25(32)29-11-4-5-12-29;/h4-10,13-14,21H,3,11-12,15H2,1-2H3,(H3,26,27)(H,28,31);1H. The number of esters is 1. The Labute approximate surface area is 205 Å².